The summed E-state index contributed by atoms with van der Waals surface area (Å²) >= 11 is 9.73. The van der Waals surface area contributed by atoms with Crippen LogP contribution in [0, 0.1) is 59.8 Å². The van der Waals surface area contributed by atoms with Crippen LogP contribution in [-0.2, 0) is 12.0 Å². The Morgan fingerprint density at radius 3 is 1.46 bits per heavy atom. The number of fused-ring (bicyclic) bond motifs is 6. The van der Waals surface area contributed by atoms with E-state index in [1.807, 2.05) is 60.2 Å². The molecule has 0 amide bonds. The minimum Gasteiger partial charge on any atom is -0.341 e. The van der Waals surface area contributed by atoms with E-state index in [9.17, 15) is 4.39 Å². The number of hydrogen-bond acceptors (Lipinski definition) is 1. The van der Waals surface area contributed by atoms with E-state index in [-0.39, 0.29) is 5.41 Å². The van der Waals surface area contributed by atoms with Crippen molar-refractivity contribution >= 4 is 104 Å². The highest BCUT2D eigenvalue weighted by molar-refractivity contribution is 14.1. The summed E-state index contributed by atoms with van der Waals surface area (Å²) in [6.45, 7) is 22.6. The second kappa shape index (κ2) is 33.8. The second-order valence-electron chi connectivity index (χ2n) is 20.0. The van der Waals surface area contributed by atoms with Gasteiger partial charge in [-0.15, -0.1) is 11.6 Å². The van der Waals surface area contributed by atoms with Gasteiger partial charge in [0.1, 0.15) is 0 Å². The van der Waals surface area contributed by atoms with Gasteiger partial charge in [0.25, 0.3) is 0 Å². The predicted octanol–water partition coefficient (Wildman–Crippen LogP) is 23.0. The van der Waals surface area contributed by atoms with Crippen LogP contribution >= 0.6 is 50.1 Å². The average Bonchev–Trinajstić information content (AvgIpc) is 4.22. The summed E-state index contributed by atoms with van der Waals surface area (Å²) in [4.78, 5) is 1.97. The van der Waals surface area contributed by atoms with E-state index < -0.39 is 0 Å². The van der Waals surface area contributed by atoms with Crippen LogP contribution in [0.4, 0.5) is 4.39 Å². The standard InChI is InChI=1S/C17H12.C16H16.C15H15N.C8H7N.C8H10.C7H8.CH3Br.CH3Cl.CH3F.CH3I/c1-11-5-6-14-8-7-12-3-2-4-13-9-10-15(11)17(14)16(12)13;1-11-8-9-13-12-6-4-5-7-14(12)16(2,3)15(13)10-11;1-3-16-14-7-5-4-6-12(14)13-10-11(2)8-9-15(13)16;1-7-2-4-8(6-9)5-3-7;1-7-3-5-8(2)6-4-7;1-7-5-3-2-4-6-7;4*1-2/h2-10H,1H3;4-10H,1-3H3;4-10H,3H2,1-2H3;2-5H,1H3;3-6H,1-2H3;2-6H,1H3;4*1H3. The lowest BCUT2D eigenvalue weighted by molar-refractivity contribution is 0.636. The first-order chi connectivity index (χ1) is 39.3. The Morgan fingerprint density at radius 1 is 0.444 bits per heavy atom. The summed E-state index contributed by atoms with van der Waals surface area (Å²) in [7, 11) is 0.500. The number of rotatable bonds is 1. The SMILES string of the molecule is CBr.CCl.CCn1c2ccccc2c2cc(C)ccc21.CF.CI.Cc1ccc(C#N)cc1.Cc1ccc(C)cc1.Cc1ccc2c(c1)C(C)(C)c1ccccc1-2.Cc1ccc2ccc3cccc4ccc1c2c34.Cc1ccccc1. The van der Waals surface area contributed by atoms with Gasteiger partial charge in [0, 0.05) is 40.1 Å². The summed E-state index contributed by atoms with van der Waals surface area (Å²) in [6, 6.07) is 79.1. The third-order valence-electron chi connectivity index (χ3n) is 14.1. The highest BCUT2D eigenvalue weighted by Crippen LogP contribution is 2.48. The van der Waals surface area contributed by atoms with Gasteiger partial charge in [-0.2, -0.15) is 5.26 Å². The smallest absolute Gasteiger partial charge is 0.0991 e. The monoisotopic (exact) mass is 1270 g/mol. The fourth-order valence-corrected chi connectivity index (χ4v) is 10.0. The third kappa shape index (κ3) is 17.4. The number of nitriles is 1. The van der Waals surface area contributed by atoms with E-state index >= 15 is 0 Å². The summed E-state index contributed by atoms with van der Waals surface area (Å²) < 4.78 is 11.9. The molecule has 81 heavy (non-hydrogen) atoms. The number of benzene rings is 11. The molecule has 0 radical (unpaired) electrons. The topological polar surface area (TPSA) is 28.7 Å². The minimum absolute atomic E-state index is 0.151. The summed E-state index contributed by atoms with van der Waals surface area (Å²) in [5.41, 5.74) is 18.5. The highest BCUT2D eigenvalue weighted by atomic mass is 127. The molecule has 2 nitrogen and oxygen atoms in total. The van der Waals surface area contributed by atoms with Gasteiger partial charge in [-0.1, -0.05) is 274 Å². The van der Waals surface area contributed by atoms with E-state index in [2.05, 4.69) is 299 Å². The maximum Gasteiger partial charge on any atom is 0.0991 e. The van der Waals surface area contributed by atoms with Gasteiger partial charge >= 0.3 is 0 Å². The normalized spacial score (nSPS) is 10.7. The molecule has 0 aliphatic heterocycles. The molecule has 0 N–H and O–H groups in total. The van der Waals surface area contributed by atoms with Crippen LogP contribution in [0.3, 0.4) is 0 Å². The van der Waals surface area contributed by atoms with Crippen molar-refractivity contribution in [3.63, 3.8) is 0 Å². The molecule has 1 heterocycles. The second-order valence-corrected chi connectivity index (χ2v) is 20.0. The number of para-hydroxylation sites is 1. The van der Waals surface area contributed by atoms with Gasteiger partial charge in [0.15, 0.2) is 0 Å². The minimum atomic E-state index is 0.151. The van der Waals surface area contributed by atoms with Crippen LogP contribution in [0.25, 0.3) is 65.3 Å². The maximum atomic E-state index is 9.50. The van der Waals surface area contributed by atoms with Crippen molar-refractivity contribution in [1.29, 1.82) is 5.26 Å². The molecule has 0 saturated carbocycles. The molecule has 0 unspecified atom stereocenters. The Balaban J connectivity index is 0.000000209. The zero-order valence-corrected chi connectivity index (χ0v) is 54.4. The first-order valence-electron chi connectivity index (χ1n) is 27.1. The van der Waals surface area contributed by atoms with Crippen molar-refractivity contribution in [2.75, 3.05) is 24.3 Å². The number of aryl methyl sites for hydroxylation is 8. The zero-order chi connectivity index (χ0) is 59.6. The molecule has 6 heteroatoms. The maximum absolute atomic E-state index is 9.50. The van der Waals surface area contributed by atoms with Crippen LogP contribution < -0.4 is 0 Å². The molecule has 0 saturated heterocycles. The summed E-state index contributed by atoms with van der Waals surface area (Å²) in [6.07, 6.45) is 1.47. The zero-order valence-electron chi connectivity index (χ0n) is 49.9. The molecule has 12 aromatic rings. The van der Waals surface area contributed by atoms with Gasteiger partial charge in [-0.05, 0) is 157 Å². The van der Waals surface area contributed by atoms with E-state index in [0.29, 0.717) is 7.18 Å². The van der Waals surface area contributed by atoms with E-state index in [4.69, 9.17) is 5.26 Å². The molecule has 1 aliphatic carbocycles. The molecule has 13 rings (SSSR count). The van der Waals surface area contributed by atoms with Crippen molar-refractivity contribution in [2.45, 2.75) is 81.2 Å². The van der Waals surface area contributed by atoms with Crippen molar-refractivity contribution in [3.05, 3.63) is 274 Å². The van der Waals surface area contributed by atoms with Gasteiger partial charge in [0.05, 0.1) is 18.8 Å². The van der Waals surface area contributed by atoms with Gasteiger partial charge in [0.2, 0.25) is 0 Å². The Hall–Kier alpha value is -6.82. The lowest BCUT2D eigenvalue weighted by Crippen LogP contribution is -2.14. The summed E-state index contributed by atoms with van der Waals surface area (Å²) in [5.74, 6) is 1.81. The average molecular weight is 1270 g/mol. The first kappa shape index (κ1) is 66.7. The molecule has 1 aromatic heterocycles. The Kier molecular flexibility index (Phi) is 27.8. The Labute approximate surface area is 511 Å². The molecule has 418 valence electrons. The number of halogens is 4. The van der Waals surface area contributed by atoms with Crippen LogP contribution in [0.5, 0.6) is 0 Å². The molecular formula is C75H80BrClFIN2. The number of hydrogen-bond donors (Lipinski definition) is 0. The predicted molar refractivity (Wildman–Crippen MR) is 370 cm³/mol. The molecule has 11 aromatic carbocycles. The fourth-order valence-electron chi connectivity index (χ4n) is 10.0. The van der Waals surface area contributed by atoms with Gasteiger partial charge in [-0.25, -0.2) is 0 Å². The van der Waals surface area contributed by atoms with Gasteiger partial charge in [-0.3, -0.25) is 4.39 Å². The fraction of sp³-hybridized carbons (Fsp3) is 0.213. The molecule has 0 bridgehead atoms. The molecule has 0 fully saturated rings. The largest absolute Gasteiger partial charge is 0.341 e. The van der Waals surface area contributed by atoms with Gasteiger partial charge < -0.3 is 4.57 Å². The lowest BCUT2D eigenvalue weighted by atomic mass is 9.82. The van der Waals surface area contributed by atoms with Crippen LogP contribution in [0.15, 0.2) is 218 Å². The number of nitrogens with zero attached hydrogens (tertiary/aromatic N) is 2. The Bertz CT molecular complexity index is 3800. The lowest BCUT2D eigenvalue weighted by Gasteiger charge is -2.21. The van der Waals surface area contributed by atoms with E-state index in [0.717, 1.165) is 12.1 Å². The third-order valence-corrected chi connectivity index (χ3v) is 14.1. The number of aromatic nitrogens is 1. The van der Waals surface area contributed by atoms with Crippen molar-refractivity contribution in [3.8, 4) is 17.2 Å². The molecule has 0 atom stereocenters. The van der Waals surface area contributed by atoms with Crippen LogP contribution in [-0.4, -0.2) is 28.9 Å². The summed E-state index contributed by atoms with van der Waals surface area (Å²) in [5, 5.41) is 19.3. The van der Waals surface area contributed by atoms with Crippen LogP contribution in [0.2, 0.25) is 0 Å². The van der Waals surface area contributed by atoms with E-state index in [1.54, 1.807) is 0 Å². The Morgan fingerprint density at radius 2 is 0.889 bits per heavy atom. The van der Waals surface area contributed by atoms with Crippen molar-refractivity contribution in [1.82, 2.24) is 4.57 Å². The number of alkyl halides is 4. The first-order valence-corrected chi connectivity index (χ1v) is 31.6. The quantitative estimate of drug-likeness (QED) is 0.0915. The van der Waals surface area contributed by atoms with Crippen molar-refractivity contribution < 1.29 is 4.39 Å². The molecular weight excluding hydrogens is 1190 g/mol. The van der Waals surface area contributed by atoms with Crippen molar-refractivity contribution in [2.24, 2.45) is 0 Å². The molecule has 0 spiro atoms. The molecule has 1 aliphatic rings. The highest BCUT2D eigenvalue weighted by Gasteiger charge is 2.34. The van der Waals surface area contributed by atoms with E-state index in [1.165, 1.54) is 122 Å². The van der Waals surface area contributed by atoms with Crippen LogP contribution in [0.1, 0.15) is 76.4 Å².